The number of halogens is 2. The lowest BCUT2D eigenvalue weighted by molar-refractivity contribution is -0.134. The minimum absolute atomic E-state index is 0.134. The molecule has 0 aromatic heterocycles. The van der Waals surface area contributed by atoms with Gasteiger partial charge in [0.2, 0.25) is 5.91 Å². The first-order chi connectivity index (χ1) is 9.49. The zero-order chi connectivity index (χ0) is 14.4. The third-order valence-corrected chi connectivity index (χ3v) is 5.42. The van der Waals surface area contributed by atoms with Crippen LogP contribution in [0.1, 0.15) is 44.6 Å². The lowest BCUT2D eigenvalue weighted by Gasteiger charge is -2.26. The van der Waals surface area contributed by atoms with E-state index < -0.39 is 0 Å². The van der Waals surface area contributed by atoms with Gasteiger partial charge < -0.3 is 4.90 Å². The Bertz CT molecular complexity index is 535. The molecule has 1 saturated carbocycles. The van der Waals surface area contributed by atoms with Crippen molar-refractivity contribution in [3.8, 4) is 0 Å². The van der Waals surface area contributed by atoms with Crippen molar-refractivity contribution >= 4 is 29.1 Å². The number of hydrogen-bond donors (Lipinski definition) is 0. The molecule has 0 N–H and O–H groups in total. The van der Waals surface area contributed by atoms with Crippen molar-refractivity contribution < 1.29 is 4.79 Å². The fourth-order valence-corrected chi connectivity index (χ4v) is 3.71. The molecule has 0 bridgehead atoms. The van der Waals surface area contributed by atoms with E-state index in [-0.39, 0.29) is 5.92 Å². The molecule has 4 atom stereocenters. The number of nitrogens with zero attached hydrogens (tertiary/aromatic N) is 1. The van der Waals surface area contributed by atoms with E-state index in [4.69, 9.17) is 23.2 Å². The Morgan fingerprint density at radius 1 is 1.15 bits per heavy atom. The highest BCUT2D eigenvalue weighted by molar-refractivity contribution is 6.42. The quantitative estimate of drug-likeness (QED) is 0.787. The average Bonchev–Trinajstić information content (AvgIpc) is 3.13. The summed E-state index contributed by atoms with van der Waals surface area (Å²) < 4.78 is 0. The maximum atomic E-state index is 12.6. The number of carbonyl (C=O) groups excluding carboxylic acids is 1. The van der Waals surface area contributed by atoms with Crippen molar-refractivity contribution in [2.75, 3.05) is 0 Å². The molecule has 1 heterocycles. The first-order valence-electron chi connectivity index (χ1n) is 7.26. The second-order valence-electron chi connectivity index (χ2n) is 6.14. The predicted molar refractivity (Wildman–Crippen MR) is 82.3 cm³/mol. The molecule has 2 nitrogen and oxygen atoms in total. The molecule has 1 aliphatic carbocycles. The van der Waals surface area contributed by atoms with Crippen molar-refractivity contribution in [3.05, 3.63) is 33.8 Å². The van der Waals surface area contributed by atoms with Crippen LogP contribution in [0, 0.1) is 5.92 Å². The summed E-state index contributed by atoms with van der Waals surface area (Å²) in [7, 11) is 0. The van der Waals surface area contributed by atoms with Crippen LogP contribution in [-0.4, -0.2) is 22.9 Å². The van der Waals surface area contributed by atoms with Crippen LogP contribution in [0.25, 0.3) is 0 Å². The summed E-state index contributed by atoms with van der Waals surface area (Å²) in [5, 5.41) is 1.14. The van der Waals surface area contributed by atoms with E-state index in [0.29, 0.717) is 34.0 Å². The van der Waals surface area contributed by atoms with E-state index in [0.717, 1.165) is 24.8 Å². The molecular weight excluding hydrogens is 293 g/mol. The zero-order valence-electron chi connectivity index (χ0n) is 11.8. The third kappa shape index (κ3) is 2.44. The number of hydrogen-bond acceptors (Lipinski definition) is 1. The highest BCUT2D eigenvalue weighted by atomic mass is 35.5. The Kier molecular flexibility index (Phi) is 3.72. The van der Waals surface area contributed by atoms with Crippen LogP contribution >= 0.6 is 23.2 Å². The van der Waals surface area contributed by atoms with Gasteiger partial charge in [-0.2, -0.15) is 0 Å². The van der Waals surface area contributed by atoms with Gasteiger partial charge in [0, 0.05) is 18.0 Å². The number of carbonyl (C=O) groups is 1. The molecule has 3 rings (SSSR count). The van der Waals surface area contributed by atoms with Crippen LogP contribution in [0.2, 0.25) is 10.0 Å². The Hall–Kier alpha value is -0.730. The summed E-state index contributed by atoms with van der Waals surface area (Å²) in [6.45, 7) is 4.30. The van der Waals surface area contributed by atoms with Crippen molar-refractivity contribution in [1.29, 1.82) is 0 Å². The molecule has 0 radical (unpaired) electrons. The van der Waals surface area contributed by atoms with Crippen LogP contribution in [0.15, 0.2) is 18.2 Å². The Morgan fingerprint density at radius 2 is 1.80 bits per heavy atom. The largest absolute Gasteiger partial charge is 0.337 e. The number of likely N-dealkylation sites (tertiary alicyclic amines) is 1. The van der Waals surface area contributed by atoms with Gasteiger partial charge in [-0.3, -0.25) is 4.79 Å². The molecule has 108 valence electrons. The number of rotatable bonds is 2. The second-order valence-corrected chi connectivity index (χ2v) is 6.96. The monoisotopic (exact) mass is 311 g/mol. The van der Waals surface area contributed by atoms with E-state index in [9.17, 15) is 4.79 Å². The first kappa shape index (κ1) is 14.2. The summed E-state index contributed by atoms with van der Waals surface area (Å²) in [6, 6.07) is 6.47. The summed E-state index contributed by atoms with van der Waals surface area (Å²) >= 11 is 12.0. The zero-order valence-corrected chi connectivity index (χ0v) is 13.3. The van der Waals surface area contributed by atoms with Gasteiger partial charge in [0.25, 0.3) is 0 Å². The normalized spacial score (nSPS) is 32.5. The smallest absolute Gasteiger partial charge is 0.226 e. The molecule has 2 aliphatic rings. The molecule has 2 fully saturated rings. The predicted octanol–water partition coefficient (Wildman–Crippen LogP) is 4.50. The first-order valence-corrected chi connectivity index (χ1v) is 8.01. The van der Waals surface area contributed by atoms with Crippen molar-refractivity contribution in [3.63, 3.8) is 0 Å². The molecule has 1 amide bonds. The number of benzene rings is 1. The van der Waals surface area contributed by atoms with E-state index in [1.165, 1.54) is 0 Å². The number of amides is 1. The summed E-state index contributed by atoms with van der Waals surface area (Å²) in [5.41, 5.74) is 1.14. The summed E-state index contributed by atoms with van der Waals surface area (Å²) in [5.74, 6) is 0.770. The van der Waals surface area contributed by atoms with Crippen LogP contribution in [0.5, 0.6) is 0 Å². The maximum absolute atomic E-state index is 12.6. The second kappa shape index (κ2) is 5.23. The van der Waals surface area contributed by atoms with Gasteiger partial charge in [-0.15, -0.1) is 0 Å². The fraction of sp³-hybridized carbons (Fsp3) is 0.562. The lowest BCUT2D eigenvalue weighted by Crippen LogP contribution is -2.39. The molecule has 0 spiro atoms. The van der Waals surface area contributed by atoms with Gasteiger partial charge in [-0.1, -0.05) is 29.3 Å². The minimum atomic E-state index is 0.134. The van der Waals surface area contributed by atoms with Gasteiger partial charge in [0.1, 0.15) is 0 Å². The Balaban J connectivity index is 1.72. The summed E-state index contributed by atoms with van der Waals surface area (Å²) in [6.07, 6.45) is 3.18. The van der Waals surface area contributed by atoms with Crippen LogP contribution < -0.4 is 0 Å². The van der Waals surface area contributed by atoms with Crippen LogP contribution in [0.3, 0.4) is 0 Å². The Labute approximate surface area is 130 Å². The summed E-state index contributed by atoms with van der Waals surface area (Å²) in [4.78, 5) is 14.7. The molecule has 4 heteroatoms. The van der Waals surface area contributed by atoms with Gasteiger partial charge in [0.05, 0.1) is 10.0 Å². The highest BCUT2D eigenvalue weighted by Crippen LogP contribution is 2.50. The van der Waals surface area contributed by atoms with Gasteiger partial charge in [-0.25, -0.2) is 0 Å². The van der Waals surface area contributed by atoms with E-state index in [1.807, 2.05) is 18.2 Å². The van der Waals surface area contributed by atoms with E-state index in [2.05, 4.69) is 18.7 Å². The minimum Gasteiger partial charge on any atom is -0.337 e. The van der Waals surface area contributed by atoms with Crippen molar-refractivity contribution in [2.24, 2.45) is 5.92 Å². The average molecular weight is 312 g/mol. The molecule has 1 aromatic rings. The molecular formula is C16H19Cl2NO. The van der Waals surface area contributed by atoms with Gasteiger partial charge in [0.15, 0.2) is 0 Å². The SMILES string of the molecule is C[C@@H]1CC[C@H](C)N1C(=O)[C@@H]1C[C@H]1c1ccc(Cl)c(Cl)c1. The molecule has 0 unspecified atom stereocenters. The molecule has 1 aromatic carbocycles. The van der Waals surface area contributed by atoms with Crippen LogP contribution in [0.4, 0.5) is 0 Å². The molecule has 1 saturated heterocycles. The standard InChI is InChI=1S/C16H19Cl2NO/c1-9-3-4-10(2)19(9)16(20)13-8-12(13)11-5-6-14(17)15(18)7-11/h5-7,9-10,12-13H,3-4,8H2,1-2H3/t9-,10+,12-,13+/m0/s1. The van der Waals surface area contributed by atoms with E-state index >= 15 is 0 Å². The van der Waals surface area contributed by atoms with Crippen LogP contribution in [-0.2, 0) is 4.79 Å². The Morgan fingerprint density at radius 3 is 2.40 bits per heavy atom. The maximum Gasteiger partial charge on any atom is 0.226 e. The lowest BCUT2D eigenvalue weighted by atomic mass is 10.1. The molecule has 1 aliphatic heterocycles. The van der Waals surface area contributed by atoms with Gasteiger partial charge in [-0.05, 0) is 56.7 Å². The highest BCUT2D eigenvalue weighted by Gasteiger charge is 2.48. The fourth-order valence-electron chi connectivity index (χ4n) is 3.40. The molecule has 20 heavy (non-hydrogen) atoms. The topological polar surface area (TPSA) is 20.3 Å². The van der Waals surface area contributed by atoms with Gasteiger partial charge >= 0.3 is 0 Å². The van der Waals surface area contributed by atoms with E-state index in [1.54, 1.807) is 0 Å². The van der Waals surface area contributed by atoms with Crippen molar-refractivity contribution in [1.82, 2.24) is 4.90 Å². The van der Waals surface area contributed by atoms with Crippen molar-refractivity contribution in [2.45, 2.75) is 51.1 Å². The third-order valence-electron chi connectivity index (χ3n) is 4.69.